The minimum atomic E-state index is -0.833. The number of hydrogen-bond donors (Lipinski definition) is 3. The number of aliphatic carboxylic acids is 1. The molecule has 0 spiro atoms. The van der Waals surface area contributed by atoms with Gasteiger partial charge in [-0.15, -0.1) is 0 Å². The number of carboxylic acids is 1. The third kappa shape index (κ3) is 19.1. The van der Waals surface area contributed by atoms with E-state index in [1.165, 1.54) is 0 Å². The second-order valence-electron chi connectivity index (χ2n) is 2.48. The van der Waals surface area contributed by atoms with Gasteiger partial charge >= 0.3 is 0 Å². The number of carbonyl (C=O) groups is 1. The predicted molar refractivity (Wildman–Crippen MR) is 58.4 cm³/mol. The first-order chi connectivity index (χ1) is 7.08. The molecule has 86 valence electrons. The molecule has 3 N–H and O–H groups in total. The van der Waals surface area contributed by atoms with E-state index in [9.17, 15) is 0 Å². The van der Waals surface area contributed by atoms with E-state index in [0.29, 0.717) is 0 Å². The third-order valence-electron chi connectivity index (χ3n) is 1.03. The van der Waals surface area contributed by atoms with E-state index in [1.807, 2.05) is 30.3 Å². The van der Waals surface area contributed by atoms with Crippen LogP contribution < -0.4 is 0 Å². The van der Waals surface area contributed by atoms with E-state index >= 15 is 0 Å². The van der Waals surface area contributed by atoms with Gasteiger partial charge in [0.1, 0.15) is 0 Å². The highest BCUT2D eigenvalue weighted by atomic mass is 16.4. The molecule has 0 heterocycles. The summed E-state index contributed by atoms with van der Waals surface area (Å²) in [5, 5.41) is 23.5. The molecule has 0 amide bonds. The van der Waals surface area contributed by atoms with Gasteiger partial charge in [-0.1, -0.05) is 30.3 Å². The van der Waals surface area contributed by atoms with Crippen molar-refractivity contribution in [3.63, 3.8) is 0 Å². The van der Waals surface area contributed by atoms with Crippen LogP contribution in [0.3, 0.4) is 0 Å². The lowest BCUT2D eigenvalue weighted by Crippen LogP contribution is -1.78. The lowest BCUT2D eigenvalue weighted by atomic mass is 10.2. The molecule has 0 fully saturated rings. The van der Waals surface area contributed by atoms with Crippen LogP contribution in [0.5, 0.6) is 0 Å². The number of aliphatic hydroxyl groups is 2. The molecule has 0 unspecified atom stereocenters. The summed E-state index contributed by atoms with van der Waals surface area (Å²) in [6.07, 6.45) is 0. The van der Waals surface area contributed by atoms with E-state index < -0.39 is 5.97 Å². The molecular weight excluding hydrogens is 196 g/mol. The Labute approximate surface area is 89.8 Å². The van der Waals surface area contributed by atoms with Crippen LogP contribution in [0, 0.1) is 0 Å². The fourth-order valence-electron chi connectivity index (χ4n) is 0.583. The first kappa shape index (κ1) is 16.1. The van der Waals surface area contributed by atoms with Crippen LogP contribution in [-0.2, 0) is 11.4 Å². The fourth-order valence-corrected chi connectivity index (χ4v) is 0.583. The molecule has 1 rings (SSSR count). The lowest BCUT2D eigenvalue weighted by molar-refractivity contribution is -0.134. The zero-order chi connectivity index (χ0) is 12.1. The molecule has 0 bridgehead atoms. The normalized spacial score (nSPS) is 7.73. The molecule has 1 aromatic rings. The molecule has 4 heteroatoms. The summed E-state index contributed by atoms with van der Waals surface area (Å²) in [5.74, 6) is -0.833. The molecule has 0 aliphatic rings. The minimum Gasteiger partial charge on any atom is -0.481 e. The van der Waals surface area contributed by atoms with Crippen LogP contribution in [-0.4, -0.2) is 27.9 Å². The summed E-state index contributed by atoms with van der Waals surface area (Å²) in [6, 6.07) is 9.52. The quantitative estimate of drug-likeness (QED) is 0.658. The molecule has 0 aromatic heterocycles. The Morgan fingerprint density at radius 3 is 1.73 bits per heavy atom. The van der Waals surface area contributed by atoms with Crippen molar-refractivity contribution < 1.29 is 20.1 Å². The van der Waals surface area contributed by atoms with Crippen LogP contribution >= 0.6 is 0 Å². The maximum atomic E-state index is 9.00. The smallest absolute Gasteiger partial charge is 0.300 e. The lowest BCUT2D eigenvalue weighted by Gasteiger charge is -1.89. The Hall–Kier alpha value is -1.39. The summed E-state index contributed by atoms with van der Waals surface area (Å²) >= 11 is 0. The molecule has 1 aromatic carbocycles. The van der Waals surface area contributed by atoms with Crippen molar-refractivity contribution >= 4 is 5.97 Å². The molecule has 0 atom stereocenters. The Balaban J connectivity index is 0. The molecular formula is C11H18O4. The van der Waals surface area contributed by atoms with E-state index in [-0.39, 0.29) is 13.2 Å². The van der Waals surface area contributed by atoms with E-state index in [4.69, 9.17) is 20.1 Å². The predicted octanol–water partition coefficient (Wildman–Crippen LogP) is 1.27. The average molecular weight is 214 g/mol. The van der Waals surface area contributed by atoms with Crippen molar-refractivity contribution in [3.8, 4) is 0 Å². The van der Waals surface area contributed by atoms with Crippen LogP contribution in [0.25, 0.3) is 0 Å². The number of rotatable bonds is 1. The fraction of sp³-hybridized carbons (Fsp3) is 0.364. The highest BCUT2D eigenvalue weighted by Gasteiger charge is 1.81. The van der Waals surface area contributed by atoms with Gasteiger partial charge in [0.25, 0.3) is 5.97 Å². The monoisotopic (exact) mass is 214 g/mol. The zero-order valence-corrected chi connectivity index (χ0v) is 9.05. The average Bonchev–Trinajstić information content (AvgIpc) is 2.19. The van der Waals surface area contributed by atoms with Gasteiger partial charge in [0, 0.05) is 13.5 Å². The van der Waals surface area contributed by atoms with Crippen LogP contribution in [0.1, 0.15) is 19.4 Å². The van der Waals surface area contributed by atoms with Crippen LogP contribution in [0.4, 0.5) is 0 Å². The number of benzene rings is 1. The number of aliphatic hydroxyl groups excluding tert-OH is 2. The minimum absolute atomic E-state index is 0.140. The Morgan fingerprint density at radius 2 is 1.53 bits per heavy atom. The molecule has 0 aliphatic carbocycles. The number of carboxylic acid groups (broad SMARTS) is 1. The van der Waals surface area contributed by atoms with Gasteiger partial charge in [0.05, 0.1) is 6.61 Å². The van der Waals surface area contributed by atoms with Gasteiger partial charge in [0.2, 0.25) is 0 Å². The molecule has 0 radical (unpaired) electrons. The van der Waals surface area contributed by atoms with Crippen molar-refractivity contribution in [1.82, 2.24) is 0 Å². The van der Waals surface area contributed by atoms with Gasteiger partial charge in [-0.05, 0) is 12.5 Å². The Kier molecular flexibility index (Phi) is 13.5. The maximum absolute atomic E-state index is 9.00. The number of hydrogen-bond acceptors (Lipinski definition) is 3. The van der Waals surface area contributed by atoms with Gasteiger partial charge in [0.15, 0.2) is 0 Å². The maximum Gasteiger partial charge on any atom is 0.300 e. The highest BCUT2D eigenvalue weighted by molar-refractivity contribution is 5.62. The Morgan fingerprint density at radius 1 is 1.20 bits per heavy atom. The Bertz CT molecular complexity index is 230. The molecule has 0 aliphatic heterocycles. The zero-order valence-electron chi connectivity index (χ0n) is 9.05. The van der Waals surface area contributed by atoms with Gasteiger partial charge in [-0.3, -0.25) is 4.79 Å². The summed E-state index contributed by atoms with van der Waals surface area (Å²) in [6.45, 7) is 3.15. The van der Waals surface area contributed by atoms with Crippen LogP contribution in [0.15, 0.2) is 30.3 Å². The van der Waals surface area contributed by atoms with Crippen molar-refractivity contribution in [1.29, 1.82) is 0 Å². The van der Waals surface area contributed by atoms with Crippen molar-refractivity contribution in [2.75, 3.05) is 6.61 Å². The van der Waals surface area contributed by atoms with Gasteiger partial charge in [-0.2, -0.15) is 0 Å². The van der Waals surface area contributed by atoms with E-state index in [0.717, 1.165) is 12.5 Å². The second-order valence-corrected chi connectivity index (χ2v) is 2.48. The molecule has 4 nitrogen and oxygen atoms in total. The van der Waals surface area contributed by atoms with Gasteiger partial charge in [-0.25, -0.2) is 0 Å². The standard InChI is InChI=1S/C7H8O.C2H4O2.C2H6O/c8-6-7-4-2-1-3-5-7;1-2(3)4;1-2-3/h1-5,8H,6H2;1H3,(H,3,4);3H,2H2,1H3. The topological polar surface area (TPSA) is 77.8 Å². The summed E-state index contributed by atoms with van der Waals surface area (Å²) < 4.78 is 0. The molecule has 0 saturated carbocycles. The van der Waals surface area contributed by atoms with Crippen molar-refractivity contribution in [2.45, 2.75) is 20.5 Å². The molecule has 0 saturated heterocycles. The van der Waals surface area contributed by atoms with Crippen molar-refractivity contribution in [3.05, 3.63) is 35.9 Å². The van der Waals surface area contributed by atoms with Crippen molar-refractivity contribution in [2.24, 2.45) is 0 Å². The first-order valence-electron chi connectivity index (χ1n) is 4.53. The van der Waals surface area contributed by atoms with Gasteiger partial charge < -0.3 is 15.3 Å². The third-order valence-corrected chi connectivity index (χ3v) is 1.03. The summed E-state index contributed by atoms with van der Waals surface area (Å²) in [5.41, 5.74) is 0.965. The highest BCUT2D eigenvalue weighted by Crippen LogP contribution is 1.95. The molecule has 15 heavy (non-hydrogen) atoms. The van der Waals surface area contributed by atoms with E-state index in [1.54, 1.807) is 6.92 Å². The summed E-state index contributed by atoms with van der Waals surface area (Å²) in [7, 11) is 0. The van der Waals surface area contributed by atoms with Crippen LogP contribution in [0.2, 0.25) is 0 Å². The largest absolute Gasteiger partial charge is 0.481 e. The second kappa shape index (κ2) is 12.6. The SMILES string of the molecule is CC(=O)O.CCO.OCc1ccccc1. The van der Waals surface area contributed by atoms with E-state index in [2.05, 4.69) is 0 Å². The summed E-state index contributed by atoms with van der Waals surface area (Å²) in [4.78, 5) is 9.00. The first-order valence-corrected chi connectivity index (χ1v) is 4.53.